The zero-order valence-corrected chi connectivity index (χ0v) is 16.2. The summed E-state index contributed by atoms with van der Waals surface area (Å²) in [6.45, 7) is 0.573. The van der Waals surface area contributed by atoms with Crippen LogP contribution in [0.5, 0.6) is 0 Å². The minimum atomic E-state index is -0.603. The number of hydrogen-bond acceptors (Lipinski definition) is 6. The molecular formula is C19H17ClN4O5. The number of non-ortho nitro benzene ring substituents is 1. The number of rotatable bonds is 7. The molecule has 3 rings (SSSR count). The second-order valence-electron chi connectivity index (χ2n) is 6.12. The highest BCUT2D eigenvalue weighted by atomic mass is 35.5. The van der Waals surface area contributed by atoms with Crippen molar-refractivity contribution < 1.29 is 14.5 Å². The van der Waals surface area contributed by atoms with E-state index in [1.54, 1.807) is 24.3 Å². The van der Waals surface area contributed by atoms with Gasteiger partial charge in [0.1, 0.15) is 0 Å². The van der Waals surface area contributed by atoms with Crippen LogP contribution in [-0.2, 0) is 17.8 Å². The fourth-order valence-corrected chi connectivity index (χ4v) is 3.03. The lowest BCUT2D eigenvalue weighted by Crippen LogP contribution is -2.29. The number of carbonyl (C=O) groups excluding carboxylic acids is 1. The van der Waals surface area contributed by atoms with Gasteiger partial charge < -0.3 is 10.1 Å². The van der Waals surface area contributed by atoms with E-state index in [0.29, 0.717) is 23.1 Å². The number of hydrogen-bond donors (Lipinski definition) is 1. The molecule has 1 amide bonds. The molecule has 0 fully saturated rings. The number of carbonyl (C=O) groups is 1. The Balaban J connectivity index is 1.91. The molecule has 1 N–H and O–H groups in total. The number of aromatic nitrogens is 2. The lowest BCUT2D eigenvalue weighted by molar-refractivity contribution is -0.384. The molecule has 10 heteroatoms. The Morgan fingerprint density at radius 2 is 2.00 bits per heavy atom. The smallest absolute Gasteiger partial charge is 0.274 e. The number of nitro benzene ring substituents is 1. The Bertz CT molecular complexity index is 1150. The number of methoxy groups -OCH3 is 1. The molecule has 0 saturated carbocycles. The van der Waals surface area contributed by atoms with Gasteiger partial charge in [-0.05, 0) is 12.1 Å². The van der Waals surface area contributed by atoms with E-state index < -0.39 is 10.8 Å². The summed E-state index contributed by atoms with van der Waals surface area (Å²) in [6.07, 6.45) is 0. The fourth-order valence-electron chi connectivity index (χ4n) is 2.83. The van der Waals surface area contributed by atoms with Crippen LogP contribution >= 0.6 is 11.6 Å². The number of fused-ring (bicyclic) bond motifs is 1. The van der Waals surface area contributed by atoms with E-state index in [0.717, 1.165) is 6.07 Å². The highest BCUT2D eigenvalue weighted by molar-refractivity contribution is 6.33. The predicted molar refractivity (Wildman–Crippen MR) is 107 cm³/mol. The first-order chi connectivity index (χ1) is 13.9. The van der Waals surface area contributed by atoms with Gasteiger partial charge in [0.2, 0.25) is 0 Å². The summed E-state index contributed by atoms with van der Waals surface area (Å²) in [5, 5.41) is 19.1. The quantitative estimate of drug-likeness (QED) is 0.467. The predicted octanol–water partition coefficient (Wildman–Crippen LogP) is 2.53. The summed E-state index contributed by atoms with van der Waals surface area (Å²) in [7, 11) is 1.52. The molecule has 0 aliphatic heterocycles. The molecule has 150 valence electrons. The first kappa shape index (κ1) is 20.4. The second-order valence-corrected chi connectivity index (χ2v) is 6.52. The second kappa shape index (κ2) is 8.80. The Hall–Kier alpha value is -3.30. The topological polar surface area (TPSA) is 116 Å². The molecule has 29 heavy (non-hydrogen) atoms. The number of nitro groups is 1. The number of nitrogens with one attached hydrogen (secondary N) is 1. The Labute approximate surface area is 170 Å². The fraction of sp³-hybridized carbons (Fsp3) is 0.211. The van der Waals surface area contributed by atoms with Crippen LogP contribution in [0.25, 0.3) is 10.8 Å². The van der Waals surface area contributed by atoms with Crippen molar-refractivity contribution in [2.45, 2.75) is 13.1 Å². The molecule has 0 atom stereocenters. The summed E-state index contributed by atoms with van der Waals surface area (Å²) in [6, 6.07) is 10.6. The van der Waals surface area contributed by atoms with Crippen molar-refractivity contribution in [2.75, 3.05) is 13.7 Å². The number of amides is 1. The Morgan fingerprint density at radius 3 is 2.69 bits per heavy atom. The summed E-state index contributed by atoms with van der Waals surface area (Å²) >= 11 is 6.02. The minimum Gasteiger partial charge on any atom is -0.383 e. The van der Waals surface area contributed by atoms with Crippen LogP contribution in [0.1, 0.15) is 16.1 Å². The van der Waals surface area contributed by atoms with Crippen LogP contribution in [-0.4, -0.2) is 34.3 Å². The zero-order chi connectivity index (χ0) is 21.0. The van der Waals surface area contributed by atoms with Gasteiger partial charge >= 0.3 is 0 Å². The van der Waals surface area contributed by atoms with E-state index in [-0.39, 0.29) is 34.9 Å². The van der Waals surface area contributed by atoms with Gasteiger partial charge in [-0.25, -0.2) is 4.68 Å². The number of nitrogens with zero attached hydrogens (tertiary/aromatic N) is 3. The molecule has 0 unspecified atom stereocenters. The lowest BCUT2D eigenvalue weighted by Gasteiger charge is -2.12. The van der Waals surface area contributed by atoms with Gasteiger partial charge in [-0.15, -0.1) is 0 Å². The monoisotopic (exact) mass is 416 g/mol. The van der Waals surface area contributed by atoms with E-state index in [1.165, 1.54) is 23.9 Å². The third kappa shape index (κ3) is 4.41. The van der Waals surface area contributed by atoms with E-state index in [2.05, 4.69) is 10.4 Å². The van der Waals surface area contributed by atoms with Crippen molar-refractivity contribution >= 4 is 34.0 Å². The van der Waals surface area contributed by atoms with E-state index >= 15 is 0 Å². The molecule has 0 spiro atoms. The largest absolute Gasteiger partial charge is 0.383 e. The van der Waals surface area contributed by atoms with Crippen LogP contribution < -0.4 is 10.9 Å². The molecule has 0 bridgehead atoms. The summed E-state index contributed by atoms with van der Waals surface area (Å²) in [5.74, 6) is -0.584. The summed E-state index contributed by atoms with van der Waals surface area (Å²) in [4.78, 5) is 35.5. The Morgan fingerprint density at radius 1 is 1.28 bits per heavy atom. The third-order valence-corrected chi connectivity index (χ3v) is 4.60. The molecule has 0 saturated heterocycles. The lowest BCUT2D eigenvalue weighted by atomic mass is 10.1. The molecule has 2 aromatic carbocycles. The number of halogens is 1. The SMILES string of the molecule is COCCn1nc(CNC(=O)c2cc([N+](=O)[O-])ccc2Cl)c2ccccc2c1=O. The molecule has 9 nitrogen and oxygen atoms in total. The van der Waals surface area contributed by atoms with Crippen LogP contribution in [0.2, 0.25) is 5.02 Å². The van der Waals surface area contributed by atoms with Crippen LogP contribution in [0, 0.1) is 10.1 Å². The maximum atomic E-state index is 12.6. The maximum Gasteiger partial charge on any atom is 0.274 e. The van der Waals surface area contributed by atoms with Gasteiger partial charge in [-0.1, -0.05) is 29.8 Å². The highest BCUT2D eigenvalue weighted by Gasteiger charge is 2.17. The highest BCUT2D eigenvalue weighted by Crippen LogP contribution is 2.22. The zero-order valence-electron chi connectivity index (χ0n) is 15.4. The van der Waals surface area contributed by atoms with Crippen molar-refractivity contribution in [1.82, 2.24) is 15.1 Å². The first-order valence-electron chi connectivity index (χ1n) is 8.62. The van der Waals surface area contributed by atoms with E-state index in [4.69, 9.17) is 16.3 Å². The van der Waals surface area contributed by atoms with Crippen LogP contribution in [0.4, 0.5) is 5.69 Å². The third-order valence-electron chi connectivity index (χ3n) is 4.27. The number of ether oxygens (including phenoxy) is 1. The molecule has 0 aliphatic carbocycles. The van der Waals surface area contributed by atoms with Crippen molar-refractivity contribution in [1.29, 1.82) is 0 Å². The molecule has 1 heterocycles. The standard InChI is InChI=1S/C19H17ClN4O5/c1-29-9-8-23-19(26)14-5-3-2-4-13(14)17(22-23)11-21-18(25)15-10-12(24(27)28)6-7-16(15)20/h2-7,10H,8-9,11H2,1H3,(H,21,25). The minimum absolute atomic E-state index is 0.00558. The van der Waals surface area contributed by atoms with E-state index in [1.807, 2.05) is 0 Å². The average molecular weight is 417 g/mol. The first-order valence-corrected chi connectivity index (χ1v) is 9.00. The van der Waals surface area contributed by atoms with Crippen LogP contribution in [0.3, 0.4) is 0 Å². The number of benzene rings is 2. The van der Waals surface area contributed by atoms with Crippen molar-refractivity contribution in [3.8, 4) is 0 Å². The van der Waals surface area contributed by atoms with Gasteiger partial charge in [-0.3, -0.25) is 19.7 Å². The van der Waals surface area contributed by atoms with Gasteiger partial charge in [-0.2, -0.15) is 5.10 Å². The molecule has 3 aromatic rings. The van der Waals surface area contributed by atoms with Gasteiger partial charge in [0.05, 0.1) is 46.3 Å². The van der Waals surface area contributed by atoms with Crippen molar-refractivity contribution in [3.05, 3.63) is 79.2 Å². The average Bonchev–Trinajstić information content (AvgIpc) is 2.72. The van der Waals surface area contributed by atoms with Gasteiger partial charge in [0.25, 0.3) is 17.2 Å². The Kier molecular flexibility index (Phi) is 6.20. The normalized spacial score (nSPS) is 10.8. The van der Waals surface area contributed by atoms with Crippen molar-refractivity contribution in [2.24, 2.45) is 0 Å². The summed E-state index contributed by atoms with van der Waals surface area (Å²) in [5.41, 5.74) is -0.0326. The summed E-state index contributed by atoms with van der Waals surface area (Å²) < 4.78 is 6.30. The van der Waals surface area contributed by atoms with E-state index in [9.17, 15) is 19.7 Å². The maximum absolute atomic E-state index is 12.6. The molecular weight excluding hydrogens is 400 g/mol. The van der Waals surface area contributed by atoms with Crippen molar-refractivity contribution in [3.63, 3.8) is 0 Å². The molecule has 0 aliphatic rings. The van der Waals surface area contributed by atoms with Gasteiger partial charge in [0.15, 0.2) is 0 Å². The van der Waals surface area contributed by atoms with Gasteiger partial charge in [0, 0.05) is 24.6 Å². The molecule has 0 radical (unpaired) electrons. The molecule has 1 aromatic heterocycles. The van der Waals surface area contributed by atoms with Crippen LogP contribution in [0.15, 0.2) is 47.3 Å².